The maximum absolute atomic E-state index is 12.1. The Labute approximate surface area is 94.9 Å². The number of aliphatic hydroxyl groups excluding tert-OH is 1. The summed E-state index contributed by atoms with van der Waals surface area (Å²) >= 11 is 0. The Hall–Kier alpha value is -1.55. The number of amides is 1. The van der Waals surface area contributed by atoms with Gasteiger partial charge >= 0.3 is 0 Å². The topological polar surface area (TPSA) is 52.6 Å². The van der Waals surface area contributed by atoms with E-state index >= 15 is 0 Å². The van der Waals surface area contributed by atoms with Crippen molar-refractivity contribution >= 4 is 11.6 Å². The lowest BCUT2D eigenvalue weighted by molar-refractivity contribution is -0.131. The molecule has 1 aliphatic rings. The van der Waals surface area contributed by atoms with E-state index < -0.39 is 0 Å². The number of para-hydroxylation sites is 1. The maximum atomic E-state index is 12.1. The van der Waals surface area contributed by atoms with Gasteiger partial charge in [-0.25, -0.2) is 0 Å². The number of fused-ring (bicyclic) bond motifs is 1. The number of likely N-dealkylation sites (N-methyl/N-ethyl adjacent to an activating group) is 1. The first kappa shape index (κ1) is 11.0. The van der Waals surface area contributed by atoms with Crippen LogP contribution in [0.3, 0.4) is 0 Å². The van der Waals surface area contributed by atoms with Crippen molar-refractivity contribution in [3.8, 4) is 0 Å². The number of rotatable bonds is 3. The van der Waals surface area contributed by atoms with Crippen LogP contribution < -0.4 is 5.32 Å². The van der Waals surface area contributed by atoms with Gasteiger partial charge in [0.1, 0.15) is 0 Å². The van der Waals surface area contributed by atoms with Crippen LogP contribution in [-0.4, -0.2) is 42.7 Å². The van der Waals surface area contributed by atoms with Gasteiger partial charge in [0.2, 0.25) is 5.91 Å². The number of anilines is 1. The Morgan fingerprint density at radius 1 is 1.56 bits per heavy atom. The summed E-state index contributed by atoms with van der Waals surface area (Å²) in [6.45, 7) is 1.04. The van der Waals surface area contributed by atoms with Gasteiger partial charge in [-0.15, -0.1) is 0 Å². The Kier molecular flexibility index (Phi) is 3.10. The molecule has 0 radical (unpaired) electrons. The quantitative estimate of drug-likeness (QED) is 0.786. The van der Waals surface area contributed by atoms with Crippen LogP contribution in [0.5, 0.6) is 0 Å². The minimum Gasteiger partial charge on any atom is -0.395 e. The Bertz CT molecular complexity index is 392. The summed E-state index contributed by atoms with van der Waals surface area (Å²) in [5.74, 6) is -0.0563. The van der Waals surface area contributed by atoms with Gasteiger partial charge < -0.3 is 15.3 Å². The van der Waals surface area contributed by atoms with Gasteiger partial charge in [0.25, 0.3) is 0 Å². The molecule has 0 bridgehead atoms. The van der Waals surface area contributed by atoms with E-state index in [9.17, 15) is 4.79 Å². The Morgan fingerprint density at radius 2 is 2.31 bits per heavy atom. The third-order valence-corrected chi connectivity index (χ3v) is 2.94. The highest BCUT2D eigenvalue weighted by molar-refractivity contribution is 5.88. The van der Waals surface area contributed by atoms with E-state index in [0.717, 1.165) is 11.3 Å². The van der Waals surface area contributed by atoms with E-state index in [1.165, 1.54) is 0 Å². The number of carbonyl (C=O) groups is 1. The first-order valence-electron chi connectivity index (χ1n) is 5.42. The molecule has 1 unspecified atom stereocenters. The first-order valence-corrected chi connectivity index (χ1v) is 5.42. The van der Waals surface area contributed by atoms with E-state index in [2.05, 4.69) is 5.32 Å². The minimum absolute atomic E-state index is 0.00400. The van der Waals surface area contributed by atoms with E-state index in [0.29, 0.717) is 13.1 Å². The molecule has 1 amide bonds. The van der Waals surface area contributed by atoms with Crippen molar-refractivity contribution in [2.24, 2.45) is 0 Å². The third kappa shape index (κ3) is 1.88. The monoisotopic (exact) mass is 220 g/mol. The van der Waals surface area contributed by atoms with Crippen molar-refractivity contribution in [1.29, 1.82) is 0 Å². The second kappa shape index (κ2) is 4.53. The van der Waals surface area contributed by atoms with Crippen LogP contribution in [0.15, 0.2) is 24.3 Å². The van der Waals surface area contributed by atoms with Gasteiger partial charge in [-0.2, -0.15) is 0 Å². The Morgan fingerprint density at radius 3 is 3.06 bits per heavy atom. The SMILES string of the molecule is CN(CCO)C(=O)C1CNc2ccccc21. The smallest absolute Gasteiger partial charge is 0.231 e. The second-order valence-electron chi connectivity index (χ2n) is 4.00. The highest BCUT2D eigenvalue weighted by Crippen LogP contribution is 2.31. The molecule has 86 valence electrons. The predicted octanol–water partition coefficient (Wildman–Crippen LogP) is 0.646. The lowest BCUT2D eigenvalue weighted by Crippen LogP contribution is -2.34. The largest absolute Gasteiger partial charge is 0.395 e. The molecule has 4 nitrogen and oxygen atoms in total. The summed E-state index contributed by atoms with van der Waals surface area (Å²) in [5.41, 5.74) is 2.09. The zero-order chi connectivity index (χ0) is 11.5. The van der Waals surface area contributed by atoms with Crippen LogP contribution in [0, 0.1) is 0 Å². The van der Waals surface area contributed by atoms with Crippen molar-refractivity contribution in [1.82, 2.24) is 4.90 Å². The summed E-state index contributed by atoms with van der Waals surface area (Å²) in [6.07, 6.45) is 0. The summed E-state index contributed by atoms with van der Waals surface area (Å²) in [5, 5.41) is 12.0. The fourth-order valence-electron chi connectivity index (χ4n) is 2.03. The Balaban J connectivity index is 2.16. The zero-order valence-electron chi connectivity index (χ0n) is 9.31. The molecule has 1 aromatic rings. The van der Waals surface area contributed by atoms with Crippen LogP contribution >= 0.6 is 0 Å². The molecule has 0 saturated carbocycles. The van der Waals surface area contributed by atoms with Gasteiger partial charge in [-0.1, -0.05) is 18.2 Å². The van der Waals surface area contributed by atoms with Crippen molar-refractivity contribution in [3.05, 3.63) is 29.8 Å². The van der Waals surface area contributed by atoms with Gasteiger partial charge in [0.05, 0.1) is 12.5 Å². The van der Waals surface area contributed by atoms with Crippen molar-refractivity contribution < 1.29 is 9.90 Å². The number of carbonyl (C=O) groups excluding carboxylic acids is 1. The molecule has 1 aliphatic heterocycles. The van der Waals surface area contributed by atoms with Crippen molar-refractivity contribution in [2.75, 3.05) is 32.1 Å². The molecule has 2 N–H and O–H groups in total. The molecule has 2 rings (SSSR count). The van der Waals surface area contributed by atoms with Crippen LogP contribution in [0.2, 0.25) is 0 Å². The fraction of sp³-hybridized carbons (Fsp3) is 0.417. The minimum atomic E-state index is -0.118. The third-order valence-electron chi connectivity index (χ3n) is 2.94. The summed E-state index contributed by atoms with van der Waals surface area (Å²) in [4.78, 5) is 13.7. The second-order valence-corrected chi connectivity index (χ2v) is 4.00. The summed E-state index contributed by atoms with van der Waals surface area (Å²) in [6, 6.07) is 7.85. The molecule has 0 spiro atoms. The van der Waals surface area contributed by atoms with Gasteiger partial charge in [0.15, 0.2) is 0 Å². The van der Waals surface area contributed by atoms with Crippen LogP contribution in [0.1, 0.15) is 11.5 Å². The average Bonchev–Trinajstić information content (AvgIpc) is 2.72. The van der Waals surface area contributed by atoms with Crippen LogP contribution in [0.25, 0.3) is 0 Å². The van der Waals surface area contributed by atoms with Crippen LogP contribution in [-0.2, 0) is 4.79 Å². The molecule has 0 fully saturated rings. The van der Waals surface area contributed by atoms with E-state index in [1.54, 1.807) is 11.9 Å². The molecular weight excluding hydrogens is 204 g/mol. The number of nitrogens with one attached hydrogen (secondary N) is 1. The lowest BCUT2D eigenvalue weighted by atomic mass is 10.00. The predicted molar refractivity (Wildman–Crippen MR) is 62.4 cm³/mol. The molecule has 4 heteroatoms. The number of benzene rings is 1. The molecule has 0 saturated heterocycles. The standard InChI is InChI=1S/C12H16N2O2/c1-14(6-7-15)12(16)10-8-13-11-5-3-2-4-9(10)11/h2-5,10,13,15H,6-8H2,1H3. The van der Waals surface area contributed by atoms with Gasteiger partial charge in [-0.3, -0.25) is 4.79 Å². The van der Waals surface area contributed by atoms with E-state index in [-0.39, 0.29) is 18.4 Å². The number of aliphatic hydroxyl groups is 1. The number of nitrogens with zero attached hydrogens (tertiary/aromatic N) is 1. The molecule has 16 heavy (non-hydrogen) atoms. The average molecular weight is 220 g/mol. The maximum Gasteiger partial charge on any atom is 0.231 e. The molecule has 0 aliphatic carbocycles. The normalized spacial score (nSPS) is 17.8. The number of hydrogen-bond donors (Lipinski definition) is 2. The van der Waals surface area contributed by atoms with Gasteiger partial charge in [-0.05, 0) is 11.6 Å². The first-order chi connectivity index (χ1) is 7.74. The number of hydrogen-bond acceptors (Lipinski definition) is 3. The van der Waals surface area contributed by atoms with Crippen molar-refractivity contribution in [2.45, 2.75) is 5.92 Å². The molecule has 1 heterocycles. The summed E-state index contributed by atoms with van der Waals surface area (Å²) in [7, 11) is 1.72. The molecule has 1 atom stereocenters. The molecule has 1 aromatic carbocycles. The van der Waals surface area contributed by atoms with E-state index in [4.69, 9.17) is 5.11 Å². The molecule has 0 aromatic heterocycles. The fourth-order valence-corrected chi connectivity index (χ4v) is 2.03. The van der Waals surface area contributed by atoms with Gasteiger partial charge in [0, 0.05) is 25.8 Å². The molecular formula is C12H16N2O2. The lowest BCUT2D eigenvalue weighted by Gasteiger charge is -2.19. The summed E-state index contributed by atoms with van der Waals surface area (Å²) < 4.78 is 0. The highest BCUT2D eigenvalue weighted by atomic mass is 16.3. The van der Waals surface area contributed by atoms with E-state index in [1.807, 2.05) is 24.3 Å². The van der Waals surface area contributed by atoms with Crippen LogP contribution in [0.4, 0.5) is 5.69 Å². The zero-order valence-corrected chi connectivity index (χ0v) is 9.31. The van der Waals surface area contributed by atoms with Crippen molar-refractivity contribution in [3.63, 3.8) is 0 Å². The highest BCUT2D eigenvalue weighted by Gasteiger charge is 2.29.